The monoisotopic (exact) mass is 356 g/mol. The number of hydrogen-bond acceptors (Lipinski definition) is 5. The molecule has 3 rings (SSSR count). The Balaban J connectivity index is 1.91. The molecule has 0 saturated carbocycles. The van der Waals surface area contributed by atoms with Crippen LogP contribution in [-0.2, 0) is 11.4 Å². The summed E-state index contributed by atoms with van der Waals surface area (Å²) in [6.45, 7) is 4.30. The number of carbonyl (C=O) groups is 1. The first kappa shape index (κ1) is 18.2. The fourth-order valence-electron chi connectivity index (χ4n) is 2.93. The molecule has 138 valence electrons. The molecule has 26 heavy (non-hydrogen) atoms. The molecule has 1 aliphatic rings. The Bertz CT molecular complexity index is 762. The van der Waals surface area contributed by atoms with E-state index < -0.39 is 0 Å². The third-order valence-electron chi connectivity index (χ3n) is 4.05. The third-order valence-corrected chi connectivity index (χ3v) is 4.05. The van der Waals surface area contributed by atoms with Gasteiger partial charge in [0.2, 0.25) is 0 Å². The molecule has 0 bridgehead atoms. The van der Waals surface area contributed by atoms with Gasteiger partial charge in [-0.3, -0.25) is 4.79 Å². The fourth-order valence-corrected chi connectivity index (χ4v) is 2.93. The van der Waals surface area contributed by atoms with Crippen molar-refractivity contribution in [2.24, 2.45) is 0 Å². The van der Waals surface area contributed by atoms with Gasteiger partial charge >= 0.3 is 0 Å². The van der Waals surface area contributed by atoms with Crippen molar-refractivity contribution < 1.29 is 19.4 Å². The quantitative estimate of drug-likeness (QED) is 0.711. The standard InChI is InChI=1S/C20H24N2O4/c1-13(2)21-18(10-23)16-8-15(25-11-14-6-4-3-5-7-14)9-17-20(16)26-12-19(24)22-17/h3-9,13,18,21,23H,10-12H2,1-2H3,(H,22,24). The molecule has 6 nitrogen and oxygen atoms in total. The molecule has 1 aliphatic heterocycles. The Hall–Kier alpha value is -2.57. The van der Waals surface area contributed by atoms with Crippen LogP contribution in [0.25, 0.3) is 0 Å². The van der Waals surface area contributed by atoms with Crippen LogP contribution in [-0.4, -0.2) is 30.3 Å². The average molecular weight is 356 g/mol. The van der Waals surface area contributed by atoms with E-state index in [0.717, 1.165) is 11.1 Å². The number of aliphatic hydroxyl groups is 1. The number of nitrogens with one attached hydrogen (secondary N) is 2. The number of aliphatic hydroxyl groups excluding tert-OH is 1. The zero-order chi connectivity index (χ0) is 18.5. The maximum absolute atomic E-state index is 11.7. The van der Waals surface area contributed by atoms with E-state index >= 15 is 0 Å². The summed E-state index contributed by atoms with van der Waals surface area (Å²) in [7, 11) is 0. The minimum atomic E-state index is -0.320. The number of amides is 1. The van der Waals surface area contributed by atoms with Crippen LogP contribution in [0, 0.1) is 0 Å². The van der Waals surface area contributed by atoms with Gasteiger partial charge in [0.05, 0.1) is 18.3 Å². The number of rotatable bonds is 7. The molecule has 3 N–H and O–H groups in total. The Kier molecular flexibility index (Phi) is 5.75. The second-order valence-corrected chi connectivity index (χ2v) is 6.56. The summed E-state index contributed by atoms with van der Waals surface area (Å²) in [6, 6.07) is 13.3. The lowest BCUT2D eigenvalue weighted by molar-refractivity contribution is -0.118. The van der Waals surface area contributed by atoms with E-state index in [4.69, 9.17) is 9.47 Å². The van der Waals surface area contributed by atoms with Crippen molar-refractivity contribution in [3.05, 3.63) is 53.6 Å². The molecule has 1 heterocycles. The molecule has 0 radical (unpaired) electrons. The summed E-state index contributed by atoms with van der Waals surface area (Å²) in [6.07, 6.45) is 0. The van der Waals surface area contributed by atoms with Crippen LogP contribution >= 0.6 is 0 Å². The minimum Gasteiger partial charge on any atom is -0.489 e. The second-order valence-electron chi connectivity index (χ2n) is 6.56. The molecular formula is C20H24N2O4. The molecule has 0 spiro atoms. The van der Waals surface area contributed by atoms with Crippen LogP contribution < -0.4 is 20.1 Å². The highest BCUT2D eigenvalue weighted by molar-refractivity contribution is 5.96. The van der Waals surface area contributed by atoms with Gasteiger partial charge in [0.1, 0.15) is 18.1 Å². The molecule has 0 fully saturated rings. The summed E-state index contributed by atoms with van der Waals surface area (Å²) < 4.78 is 11.5. The summed E-state index contributed by atoms with van der Waals surface area (Å²) in [5.41, 5.74) is 2.37. The van der Waals surface area contributed by atoms with E-state index in [2.05, 4.69) is 10.6 Å². The Morgan fingerprint density at radius 2 is 2.04 bits per heavy atom. The predicted octanol–water partition coefficient (Wildman–Crippen LogP) is 2.63. The van der Waals surface area contributed by atoms with Crippen LogP contribution in [0.2, 0.25) is 0 Å². The smallest absolute Gasteiger partial charge is 0.262 e. The van der Waals surface area contributed by atoms with Gasteiger partial charge in [0, 0.05) is 17.7 Å². The van der Waals surface area contributed by atoms with Crippen LogP contribution in [0.15, 0.2) is 42.5 Å². The molecule has 1 atom stereocenters. The van der Waals surface area contributed by atoms with Crippen molar-refractivity contribution in [1.29, 1.82) is 0 Å². The van der Waals surface area contributed by atoms with Gasteiger partial charge in [-0.2, -0.15) is 0 Å². The second kappa shape index (κ2) is 8.21. The lowest BCUT2D eigenvalue weighted by Gasteiger charge is -2.27. The number of benzene rings is 2. The molecule has 2 aromatic carbocycles. The molecule has 0 aromatic heterocycles. The number of carbonyl (C=O) groups excluding carboxylic acids is 1. The van der Waals surface area contributed by atoms with Crippen molar-refractivity contribution in [3.8, 4) is 11.5 Å². The normalized spacial score (nSPS) is 14.4. The molecule has 6 heteroatoms. The van der Waals surface area contributed by atoms with Crippen LogP contribution in [0.3, 0.4) is 0 Å². The van der Waals surface area contributed by atoms with E-state index in [9.17, 15) is 9.90 Å². The minimum absolute atomic E-state index is 0.0377. The molecular weight excluding hydrogens is 332 g/mol. The lowest BCUT2D eigenvalue weighted by atomic mass is 10.0. The Labute approximate surface area is 153 Å². The van der Waals surface area contributed by atoms with E-state index in [1.165, 1.54) is 0 Å². The molecule has 2 aromatic rings. The first-order chi connectivity index (χ1) is 12.6. The first-order valence-corrected chi connectivity index (χ1v) is 8.71. The highest BCUT2D eigenvalue weighted by Gasteiger charge is 2.25. The summed E-state index contributed by atoms with van der Waals surface area (Å²) >= 11 is 0. The van der Waals surface area contributed by atoms with Crippen LogP contribution in [0.1, 0.15) is 31.0 Å². The third kappa shape index (κ3) is 4.33. The van der Waals surface area contributed by atoms with Gasteiger partial charge < -0.3 is 25.2 Å². The predicted molar refractivity (Wildman–Crippen MR) is 99.4 cm³/mol. The van der Waals surface area contributed by atoms with E-state index in [1.54, 1.807) is 6.07 Å². The average Bonchev–Trinajstić information content (AvgIpc) is 2.64. The molecule has 1 unspecified atom stereocenters. The molecule has 1 amide bonds. The SMILES string of the molecule is CC(C)NC(CO)c1cc(OCc2ccccc2)cc2c1OCC(=O)N2. The van der Waals surface area contributed by atoms with Gasteiger partial charge in [-0.25, -0.2) is 0 Å². The number of anilines is 1. The maximum atomic E-state index is 11.7. The van der Waals surface area contributed by atoms with Gasteiger partial charge in [-0.05, 0) is 11.6 Å². The largest absolute Gasteiger partial charge is 0.489 e. The number of fused-ring (bicyclic) bond motifs is 1. The topological polar surface area (TPSA) is 79.8 Å². The summed E-state index contributed by atoms with van der Waals surface area (Å²) in [4.78, 5) is 11.7. The van der Waals surface area contributed by atoms with Crippen molar-refractivity contribution in [3.63, 3.8) is 0 Å². The van der Waals surface area contributed by atoms with E-state index in [0.29, 0.717) is 23.8 Å². The highest BCUT2D eigenvalue weighted by atomic mass is 16.5. The molecule has 0 saturated heterocycles. The Morgan fingerprint density at radius 3 is 2.73 bits per heavy atom. The van der Waals surface area contributed by atoms with Gasteiger partial charge in [0.15, 0.2) is 6.61 Å². The zero-order valence-corrected chi connectivity index (χ0v) is 15.0. The van der Waals surface area contributed by atoms with Gasteiger partial charge in [-0.1, -0.05) is 44.2 Å². The van der Waals surface area contributed by atoms with E-state index in [-0.39, 0.29) is 31.2 Å². The Morgan fingerprint density at radius 1 is 1.27 bits per heavy atom. The maximum Gasteiger partial charge on any atom is 0.262 e. The summed E-state index contributed by atoms with van der Waals surface area (Å²) in [5, 5.41) is 16.0. The van der Waals surface area contributed by atoms with Crippen molar-refractivity contribution in [2.75, 3.05) is 18.5 Å². The van der Waals surface area contributed by atoms with Crippen LogP contribution in [0.5, 0.6) is 11.5 Å². The fraction of sp³-hybridized carbons (Fsp3) is 0.350. The van der Waals surface area contributed by atoms with Crippen molar-refractivity contribution >= 4 is 11.6 Å². The molecule has 0 aliphatic carbocycles. The van der Waals surface area contributed by atoms with Crippen molar-refractivity contribution in [1.82, 2.24) is 5.32 Å². The van der Waals surface area contributed by atoms with Crippen LogP contribution in [0.4, 0.5) is 5.69 Å². The first-order valence-electron chi connectivity index (χ1n) is 8.71. The van der Waals surface area contributed by atoms with E-state index in [1.807, 2.05) is 50.2 Å². The lowest BCUT2D eigenvalue weighted by Crippen LogP contribution is -2.32. The number of ether oxygens (including phenoxy) is 2. The van der Waals surface area contributed by atoms with Gasteiger partial charge in [0.25, 0.3) is 5.91 Å². The highest BCUT2D eigenvalue weighted by Crippen LogP contribution is 2.39. The van der Waals surface area contributed by atoms with Crippen molar-refractivity contribution in [2.45, 2.75) is 32.5 Å². The summed E-state index contributed by atoms with van der Waals surface area (Å²) in [5.74, 6) is 0.974. The van der Waals surface area contributed by atoms with Gasteiger partial charge in [-0.15, -0.1) is 0 Å². The number of hydrogen-bond donors (Lipinski definition) is 3. The zero-order valence-electron chi connectivity index (χ0n) is 15.0.